The summed E-state index contributed by atoms with van der Waals surface area (Å²) in [6.07, 6.45) is 0. The third-order valence-electron chi connectivity index (χ3n) is 2.72. The average molecular weight is 255 g/mol. The van der Waals surface area contributed by atoms with Gasteiger partial charge in [-0.1, -0.05) is 24.3 Å². The van der Waals surface area contributed by atoms with Gasteiger partial charge in [0.05, 0.1) is 16.8 Å². The van der Waals surface area contributed by atoms with Crippen molar-refractivity contribution < 1.29 is 0 Å². The van der Waals surface area contributed by atoms with Gasteiger partial charge in [0.25, 0.3) is 0 Å². The zero-order valence-electron chi connectivity index (χ0n) is 9.76. The van der Waals surface area contributed by atoms with Crippen molar-refractivity contribution in [1.82, 2.24) is 9.97 Å². The summed E-state index contributed by atoms with van der Waals surface area (Å²) in [5.74, 6) is 1.77. The second kappa shape index (κ2) is 4.74. The first-order valence-corrected chi connectivity index (χ1v) is 6.72. The molecule has 18 heavy (non-hydrogen) atoms. The number of H-pyrrole nitrogens is 1. The highest BCUT2D eigenvalue weighted by Crippen LogP contribution is 2.27. The second-order valence-electron chi connectivity index (χ2n) is 4.03. The molecule has 2 aromatic carbocycles. The Hall–Kier alpha value is -1.94. The first kappa shape index (κ1) is 11.2. The lowest BCUT2D eigenvalue weighted by Crippen LogP contribution is -1.89. The Bertz CT molecular complexity index is 642. The number of aromatic nitrogens is 2. The number of fused-ring (bicyclic) bond motifs is 1. The molecule has 0 bridgehead atoms. The average Bonchev–Trinajstić information content (AvgIpc) is 2.80. The number of anilines is 1. The van der Waals surface area contributed by atoms with E-state index in [4.69, 9.17) is 5.73 Å². The van der Waals surface area contributed by atoms with Crippen molar-refractivity contribution >= 4 is 28.5 Å². The Morgan fingerprint density at radius 1 is 1.06 bits per heavy atom. The number of hydrogen-bond donors (Lipinski definition) is 2. The standard InChI is InChI=1S/C14H13N3S/c15-10-5-1-4-8-13(10)18-9-14-16-11-6-2-3-7-12(11)17-14/h1-8H,9,15H2,(H,16,17). The Labute approximate surface area is 109 Å². The minimum atomic E-state index is 0.795. The SMILES string of the molecule is Nc1ccccc1SCc1nc2ccccc2[nH]1. The first-order chi connectivity index (χ1) is 8.83. The van der Waals surface area contributed by atoms with E-state index in [0.29, 0.717) is 0 Å². The van der Waals surface area contributed by atoms with E-state index in [9.17, 15) is 0 Å². The lowest BCUT2D eigenvalue weighted by molar-refractivity contribution is 1.14. The molecule has 3 nitrogen and oxygen atoms in total. The fourth-order valence-corrected chi connectivity index (χ4v) is 2.67. The Morgan fingerprint density at radius 2 is 1.83 bits per heavy atom. The molecule has 0 aliphatic heterocycles. The fraction of sp³-hybridized carbons (Fsp3) is 0.0714. The molecule has 0 spiro atoms. The van der Waals surface area contributed by atoms with Crippen LogP contribution >= 0.6 is 11.8 Å². The molecule has 1 heterocycles. The van der Waals surface area contributed by atoms with Gasteiger partial charge in [0.1, 0.15) is 5.82 Å². The number of thioether (sulfide) groups is 1. The molecule has 0 aliphatic carbocycles. The summed E-state index contributed by atoms with van der Waals surface area (Å²) in [4.78, 5) is 8.95. The summed E-state index contributed by atoms with van der Waals surface area (Å²) < 4.78 is 0. The number of benzene rings is 2. The molecule has 3 N–H and O–H groups in total. The summed E-state index contributed by atoms with van der Waals surface area (Å²) in [6.45, 7) is 0. The van der Waals surface area contributed by atoms with Crippen LogP contribution in [0, 0.1) is 0 Å². The van der Waals surface area contributed by atoms with E-state index in [-0.39, 0.29) is 0 Å². The normalized spacial score (nSPS) is 10.9. The van der Waals surface area contributed by atoms with Gasteiger partial charge in [0.15, 0.2) is 0 Å². The van der Waals surface area contributed by atoms with Crippen LogP contribution in [0.2, 0.25) is 0 Å². The molecule has 0 atom stereocenters. The summed E-state index contributed by atoms with van der Waals surface area (Å²) in [5, 5.41) is 0. The van der Waals surface area contributed by atoms with Gasteiger partial charge in [0.2, 0.25) is 0 Å². The molecule has 0 radical (unpaired) electrons. The highest BCUT2D eigenvalue weighted by atomic mass is 32.2. The van der Waals surface area contributed by atoms with Gasteiger partial charge < -0.3 is 10.7 Å². The fourth-order valence-electron chi connectivity index (χ4n) is 1.83. The highest BCUT2D eigenvalue weighted by Gasteiger charge is 2.04. The van der Waals surface area contributed by atoms with Gasteiger partial charge in [-0.05, 0) is 24.3 Å². The number of nitrogens with zero attached hydrogens (tertiary/aromatic N) is 1. The molecule has 0 fully saturated rings. The summed E-state index contributed by atoms with van der Waals surface area (Å²) in [5.41, 5.74) is 8.81. The van der Waals surface area contributed by atoms with E-state index >= 15 is 0 Å². The maximum Gasteiger partial charge on any atom is 0.117 e. The van der Waals surface area contributed by atoms with Crippen molar-refractivity contribution in [2.24, 2.45) is 0 Å². The van der Waals surface area contributed by atoms with Crippen molar-refractivity contribution in [3.8, 4) is 0 Å². The van der Waals surface area contributed by atoms with E-state index in [0.717, 1.165) is 33.2 Å². The molecule has 90 valence electrons. The zero-order valence-corrected chi connectivity index (χ0v) is 10.6. The molecular weight excluding hydrogens is 242 g/mol. The molecule has 4 heteroatoms. The minimum absolute atomic E-state index is 0.795. The predicted molar refractivity (Wildman–Crippen MR) is 76.5 cm³/mol. The van der Waals surface area contributed by atoms with Crippen LogP contribution in [0.3, 0.4) is 0 Å². The molecule has 0 amide bonds. The first-order valence-electron chi connectivity index (χ1n) is 5.74. The minimum Gasteiger partial charge on any atom is -0.398 e. The molecule has 0 aliphatic rings. The lowest BCUT2D eigenvalue weighted by Gasteiger charge is -2.02. The quantitative estimate of drug-likeness (QED) is 0.557. The topological polar surface area (TPSA) is 54.7 Å². The number of nitrogens with two attached hydrogens (primary N) is 1. The molecule has 1 aromatic heterocycles. The van der Waals surface area contributed by atoms with Gasteiger partial charge >= 0.3 is 0 Å². The van der Waals surface area contributed by atoms with E-state index in [1.807, 2.05) is 48.5 Å². The van der Waals surface area contributed by atoms with Crippen LogP contribution in [-0.2, 0) is 5.75 Å². The third kappa shape index (κ3) is 2.19. The Morgan fingerprint density at radius 3 is 2.67 bits per heavy atom. The maximum atomic E-state index is 5.91. The van der Waals surface area contributed by atoms with Gasteiger partial charge in [-0.3, -0.25) is 0 Å². The number of rotatable bonds is 3. The molecule has 3 aromatic rings. The number of para-hydroxylation sites is 3. The van der Waals surface area contributed by atoms with Crippen LogP contribution in [0.25, 0.3) is 11.0 Å². The van der Waals surface area contributed by atoms with Crippen LogP contribution in [0.15, 0.2) is 53.4 Å². The Kier molecular flexibility index (Phi) is 2.94. The number of nitrogen functional groups attached to an aromatic ring is 1. The molecule has 3 rings (SSSR count). The van der Waals surface area contributed by atoms with Crippen molar-refractivity contribution in [3.05, 3.63) is 54.4 Å². The van der Waals surface area contributed by atoms with Crippen LogP contribution in [0.1, 0.15) is 5.82 Å². The monoisotopic (exact) mass is 255 g/mol. The smallest absolute Gasteiger partial charge is 0.117 e. The predicted octanol–water partition coefficient (Wildman–Crippen LogP) is 3.44. The summed E-state index contributed by atoms with van der Waals surface area (Å²) >= 11 is 1.70. The van der Waals surface area contributed by atoms with E-state index in [1.54, 1.807) is 11.8 Å². The van der Waals surface area contributed by atoms with Crippen LogP contribution in [0.4, 0.5) is 5.69 Å². The lowest BCUT2D eigenvalue weighted by atomic mass is 10.3. The van der Waals surface area contributed by atoms with E-state index in [1.165, 1.54) is 0 Å². The maximum absolute atomic E-state index is 5.91. The second-order valence-corrected chi connectivity index (χ2v) is 5.04. The Balaban J connectivity index is 1.79. The molecule has 0 saturated carbocycles. The number of imidazole rings is 1. The third-order valence-corrected chi connectivity index (χ3v) is 3.82. The number of hydrogen-bond acceptors (Lipinski definition) is 3. The van der Waals surface area contributed by atoms with Crippen molar-refractivity contribution in [2.45, 2.75) is 10.6 Å². The zero-order chi connectivity index (χ0) is 12.4. The largest absolute Gasteiger partial charge is 0.398 e. The van der Waals surface area contributed by atoms with E-state index < -0.39 is 0 Å². The van der Waals surface area contributed by atoms with Gasteiger partial charge in [-0.15, -0.1) is 11.8 Å². The number of nitrogens with one attached hydrogen (secondary N) is 1. The molecule has 0 unspecified atom stereocenters. The summed E-state index contributed by atoms with van der Waals surface area (Å²) in [6, 6.07) is 15.9. The van der Waals surface area contributed by atoms with Gasteiger partial charge in [-0.2, -0.15) is 0 Å². The van der Waals surface area contributed by atoms with Crippen molar-refractivity contribution in [1.29, 1.82) is 0 Å². The van der Waals surface area contributed by atoms with E-state index in [2.05, 4.69) is 9.97 Å². The van der Waals surface area contributed by atoms with Gasteiger partial charge in [-0.25, -0.2) is 4.98 Å². The molecule has 0 saturated heterocycles. The van der Waals surface area contributed by atoms with Crippen LogP contribution in [0.5, 0.6) is 0 Å². The van der Waals surface area contributed by atoms with Crippen LogP contribution in [-0.4, -0.2) is 9.97 Å². The van der Waals surface area contributed by atoms with Gasteiger partial charge in [0, 0.05) is 10.6 Å². The number of aromatic amines is 1. The highest BCUT2D eigenvalue weighted by molar-refractivity contribution is 7.98. The van der Waals surface area contributed by atoms with Crippen molar-refractivity contribution in [2.75, 3.05) is 5.73 Å². The molecular formula is C14H13N3S. The summed E-state index contributed by atoms with van der Waals surface area (Å²) in [7, 11) is 0. The van der Waals surface area contributed by atoms with Crippen LogP contribution < -0.4 is 5.73 Å². The van der Waals surface area contributed by atoms with Crippen molar-refractivity contribution in [3.63, 3.8) is 0 Å².